The molecule has 1 aromatic rings. The van der Waals surface area contributed by atoms with Gasteiger partial charge in [0.2, 0.25) is 11.8 Å². The number of carbonyl (C=O) groups excluding carboxylic acids is 3. The Hall–Kier alpha value is -2.58. The van der Waals surface area contributed by atoms with Gasteiger partial charge in [-0.05, 0) is 51.0 Å². The van der Waals surface area contributed by atoms with Gasteiger partial charge >= 0.3 is 5.97 Å². The second-order valence-corrected chi connectivity index (χ2v) is 15.7. The first-order valence-electron chi connectivity index (χ1n) is 14.6. The Balaban J connectivity index is 1.88. The number of carbonyl (C=O) groups is 3. The second-order valence-electron chi connectivity index (χ2n) is 13.8. The molecule has 1 N–H and O–H groups in total. The van der Waals surface area contributed by atoms with Crippen molar-refractivity contribution in [1.29, 1.82) is 0 Å². The minimum atomic E-state index is -0.861. The average Bonchev–Trinajstić information content (AvgIpc) is 3.46. The maximum absolute atomic E-state index is 15.0. The zero-order valence-corrected chi connectivity index (χ0v) is 26.2. The summed E-state index contributed by atoms with van der Waals surface area (Å²) in [5.41, 5.74) is 0.154. The van der Waals surface area contributed by atoms with Crippen LogP contribution in [0.15, 0.2) is 55.6 Å². The van der Waals surface area contributed by atoms with Gasteiger partial charge in [-0.25, -0.2) is 0 Å². The summed E-state index contributed by atoms with van der Waals surface area (Å²) in [6.07, 6.45) is 5.30. The Kier molecular flexibility index (Phi) is 8.60. The van der Waals surface area contributed by atoms with Crippen molar-refractivity contribution in [2.75, 3.05) is 19.8 Å². The van der Waals surface area contributed by atoms with Crippen molar-refractivity contribution < 1.29 is 24.2 Å². The molecule has 41 heavy (non-hydrogen) atoms. The van der Waals surface area contributed by atoms with E-state index in [-0.39, 0.29) is 30.4 Å². The summed E-state index contributed by atoms with van der Waals surface area (Å²) in [6, 6.07) is 7.75. The number of hydrogen-bond donors (Lipinski definition) is 1. The number of nitrogens with zero attached hydrogens (tertiary/aromatic N) is 2. The van der Waals surface area contributed by atoms with Crippen LogP contribution in [0, 0.1) is 17.3 Å². The van der Waals surface area contributed by atoms with E-state index in [1.807, 2.05) is 42.2 Å². The third-order valence-corrected chi connectivity index (χ3v) is 11.0. The van der Waals surface area contributed by atoms with Crippen LogP contribution in [0.4, 0.5) is 0 Å². The van der Waals surface area contributed by atoms with Gasteiger partial charge in [0, 0.05) is 16.8 Å². The quantitative estimate of drug-likeness (QED) is 0.287. The first-order chi connectivity index (χ1) is 19.2. The fourth-order valence-corrected chi connectivity index (χ4v) is 10.2. The Morgan fingerprint density at radius 1 is 1.17 bits per heavy atom. The zero-order chi connectivity index (χ0) is 30.4. The fourth-order valence-electron chi connectivity index (χ4n) is 7.90. The molecule has 0 aliphatic carbocycles. The van der Waals surface area contributed by atoms with Crippen LogP contribution in [0.25, 0.3) is 0 Å². The summed E-state index contributed by atoms with van der Waals surface area (Å²) >= 11 is 1.60. The molecule has 0 saturated carbocycles. The standard InChI is InChI=1S/C33H46N2O5S/c1-9-18-34(31(6,7)21-30(3,4)5)28(38)26-33-17-16-32(8,41-33)25(29(39)40-19-10-2)24(33)27(37)35(26)23(20-36)22-14-12-11-13-15-22/h9-15,23-26,36H,1-2,16-21H2,3-8H3/t23-,24+,25+,26?,32-,33?/m1/s1. The first-order valence-corrected chi connectivity index (χ1v) is 15.4. The van der Waals surface area contributed by atoms with Crippen molar-refractivity contribution in [3.05, 3.63) is 61.2 Å². The molecule has 3 aliphatic rings. The number of ether oxygens (including phenoxy) is 1. The Labute approximate surface area is 249 Å². The van der Waals surface area contributed by atoms with Crippen molar-refractivity contribution in [3.8, 4) is 0 Å². The van der Waals surface area contributed by atoms with Gasteiger partial charge < -0.3 is 19.6 Å². The maximum Gasteiger partial charge on any atom is 0.311 e. The average molecular weight is 583 g/mol. The summed E-state index contributed by atoms with van der Waals surface area (Å²) < 4.78 is 4.19. The van der Waals surface area contributed by atoms with E-state index in [9.17, 15) is 14.7 Å². The molecule has 1 aromatic carbocycles. The smallest absolute Gasteiger partial charge is 0.311 e. The van der Waals surface area contributed by atoms with E-state index in [4.69, 9.17) is 4.74 Å². The number of fused-ring (bicyclic) bond motifs is 1. The van der Waals surface area contributed by atoms with Crippen LogP contribution in [-0.4, -0.2) is 73.5 Å². The summed E-state index contributed by atoms with van der Waals surface area (Å²) in [5.74, 6) is -2.29. The number of likely N-dealkylation sites (tertiary alicyclic amines) is 1. The molecule has 3 heterocycles. The molecule has 7 nitrogen and oxygen atoms in total. The Morgan fingerprint density at radius 2 is 1.83 bits per heavy atom. The number of hydrogen-bond acceptors (Lipinski definition) is 6. The molecule has 2 bridgehead atoms. The number of benzene rings is 1. The van der Waals surface area contributed by atoms with Crippen LogP contribution in [0.3, 0.4) is 0 Å². The van der Waals surface area contributed by atoms with Crippen LogP contribution < -0.4 is 0 Å². The third-order valence-electron chi connectivity index (χ3n) is 9.01. The van der Waals surface area contributed by atoms with E-state index in [1.165, 1.54) is 6.08 Å². The van der Waals surface area contributed by atoms with Gasteiger partial charge in [0.25, 0.3) is 0 Å². The lowest BCUT2D eigenvalue weighted by Crippen LogP contribution is -2.60. The number of aliphatic hydroxyl groups excluding tert-OH is 1. The predicted molar refractivity (Wildman–Crippen MR) is 163 cm³/mol. The SMILES string of the molecule is C=CCOC(=O)[C@@H]1[C@H]2C(=O)N([C@H](CO)c3ccccc3)C(C(=O)N(CC=C)C(C)(C)CC(C)(C)C)C23CC[C@@]1(C)S3. The molecule has 3 saturated heterocycles. The molecular weight excluding hydrogens is 536 g/mol. The van der Waals surface area contributed by atoms with Crippen molar-refractivity contribution in [2.24, 2.45) is 17.3 Å². The molecule has 0 radical (unpaired) electrons. The lowest BCUT2D eigenvalue weighted by molar-refractivity contribution is -0.155. The van der Waals surface area contributed by atoms with Gasteiger partial charge in [-0.1, -0.05) is 69.8 Å². The van der Waals surface area contributed by atoms with E-state index in [0.717, 1.165) is 12.0 Å². The fraction of sp³-hybridized carbons (Fsp3) is 0.606. The second kappa shape index (κ2) is 11.3. The van der Waals surface area contributed by atoms with E-state index in [0.29, 0.717) is 19.4 Å². The highest BCUT2D eigenvalue weighted by Gasteiger charge is 2.78. The number of thioether (sulfide) groups is 1. The highest BCUT2D eigenvalue weighted by molar-refractivity contribution is 8.02. The number of esters is 1. The minimum absolute atomic E-state index is 0.0546. The van der Waals surface area contributed by atoms with Crippen LogP contribution in [0.5, 0.6) is 0 Å². The largest absolute Gasteiger partial charge is 0.461 e. The van der Waals surface area contributed by atoms with E-state index < -0.39 is 44.9 Å². The number of aliphatic hydroxyl groups is 1. The molecule has 3 aliphatic heterocycles. The van der Waals surface area contributed by atoms with Gasteiger partial charge in [-0.3, -0.25) is 14.4 Å². The summed E-state index contributed by atoms with van der Waals surface area (Å²) in [4.78, 5) is 46.6. The van der Waals surface area contributed by atoms with Gasteiger partial charge in [0.15, 0.2) is 0 Å². The molecule has 8 heteroatoms. The summed E-state index contributed by atoms with van der Waals surface area (Å²) in [5, 5.41) is 10.7. The molecule has 6 atom stereocenters. The Morgan fingerprint density at radius 3 is 2.39 bits per heavy atom. The van der Waals surface area contributed by atoms with E-state index in [2.05, 4.69) is 47.8 Å². The lowest BCUT2D eigenvalue weighted by Gasteiger charge is -2.46. The van der Waals surface area contributed by atoms with Gasteiger partial charge in [-0.15, -0.1) is 18.3 Å². The molecular formula is C33H46N2O5S. The molecule has 0 aromatic heterocycles. The molecule has 1 spiro atoms. The van der Waals surface area contributed by atoms with Crippen molar-refractivity contribution >= 4 is 29.5 Å². The molecule has 4 rings (SSSR count). The molecule has 3 fully saturated rings. The van der Waals surface area contributed by atoms with Crippen molar-refractivity contribution in [2.45, 2.75) is 87.9 Å². The third kappa shape index (κ3) is 5.38. The van der Waals surface area contributed by atoms with Gasteiger partial charge in [0.05, 0.1) is 29.2 Å². The van der Waals surface area contributed by atoms with Crippen LogP contribution in [0.2, 0.25) is 0 Å². The highest BCUT2D eigenvalue weighted by Crippen LogP contribution is 2.72. The summed E-state index contributed by atoms with van der Waals surface area (Å²) in [7, 11) is 0. The highest BCUT2D eigenvalue weighted by atomic mass is 32.2. The summed E-state index contributed by atoms with van der Waals surface area (Å²) in [6.45, 7) is 20.3. The first kappa shape index (κ1) is 31.4. The molecule has 2 unspecified atom stereocenters. The molecule has 2 amide bonds. The Bertz CT molecular complexity index is 1190. The van der Waals surface area contributed by atoms with Crippen molar-refractivity contribution in [1.82, 2.24) is 9.80 Å². The van der Waals surface area contributed by atoms with E-state index >= 15 is 4.79 Å². The van der Waals surface area contributed by atoms with E-state index in [1.54, 1.807) is 22.7 Å². The number of rotatable bonds is 11. The van der Waals surface area contributed by atoms with Crippen LogP contribution in [0.1, 0.15) is 72.4 Å². The topological polar surface area (TPSA) is 87.1 Å². The molecule has 224 valence electrons. The van der Waals surface area contributed by atoms with Gasteiger partial charge in [-0.2, -0.15) is 0 Å². The monoisotopic (exact) mass is 582 g/mol. The number of amides is 2. The van der Waals surface area contributed by atoms with Gasteiger partial charge in [0.1, 0.15) is 12.6 Å². The van der Waals surface area contributed by atoms with Crippen molar-refractivity contribution in [3.63, 3.8) is 0 Å². The normalized spacial score (nSPS) is 29.7. The van der Waals surface area contributed by atoms with Crippen LogP contribution >= 0.6 is 11.8 Å². The lowest BCUT2D eigenvalue weighted by atomic mass is 9.66. The minimum Gasteiger partial charge on any atom is -0.461 e. The zero-order valence-electron chi connectivity index (χ0n) is 25.4. The predicted octanol–water partition coefficient (Wildman–Crippen LogP) is 5.16. The maximum atomic E-state index is 15.0. The van der Waals surface area contributed by atoms with Crippen LogP contribution in [-0.2, 0) is 19.1 Å².